The molecule has 0 bridgehead atoms. The van der Waals surface area contributed by atoms with Crippen LogP contribution in [0.3, 0.4) is 0 Å². The van der Waals surface area contributed by atoms with Gasteiger partial charge in [0, 0.05) is 9.85 Å². The van der Waals surface area contributed by atoms with E-state index in [1.807, 2.05) is 11.4 Å². The molecule has 0 spiro atoms. The summed E-state index contributed by atoms with van der Waals surface area (Å²) in [6.07, 6.45) is 5.39. The van der Waals surface area contributed by atoms with Crippen molar-refractivity contribution in [1.29, 1.82) is 0 Å². The molecule has 0 unspecified atom stereocenters. The van der Waals surface area contributed by atoms with Gasteiger partial charge in [-0.1, -0.05) is 24.4 Å². The van der Waals surface area contributed by atoms with Crippen molar-refractivity contribution in [3.63, 3.8) is 0 Å². The topological polar surface area (TPSA) is 64.9 Å². The molecular formula is C12H14BrN3OS. The number of nitrogens with two attached hydrogens (primary N) is 1. The van der Waals surface area contributed by atoms with Gasteiger partial charge in [-0.05, 0) is 34.8 Å². The molecule has 0 amide bonds. The van der Waals surface area contributed by atoms with E-state index >= 15 is 0 Å². The number of hydrogen-bond donors (Lipinski definition) is 1. The first-order chi connectivity index (χ1) is 8.67. The predicted octanol–water partition coefficient (Wildman–Crippen LogP) is 3.68. The normalized spacial score (nSPS) is 19.0. The van der Waals surface area contributed by atoms with Crippen LogP contribution < -0.4 is 5.73 Å². The summed E-state index contributed by atoms with van der Waals surface area (Å²) in [5.74, 6) is 1.22. The van der Waals surface area contributed by atoms with Crippen molar-refractivity contribution in [3.8, 4) is 10.7 Å². The summed E-state index contributed by atoms with van der Waals surface area (Å²) in [4.78, 5) is 5.47. The SMILES string of the molecule is NC1(c2nc(-c3cc(Br)cs3)no2)CCCCC1. The van der Waals surface area contributed by atoms with Gasteiger partial charge in [-0.15, -0.1) is 11.3 Å². The minimum absolute atomic E-state index is 0.419. The third kappa shape index (κ3) is 2.24. The van der Waals surface area contributed by atoms with E-state index in [1.54, 1.807) is 11.3 Å². The van der Waals surface area contributed by atoms with Crippen LogP contribution in [0.2, 0.25) is 0 Å². The molecule has 18 heavy (non-hydrogen) atoms. The van der Waals surface area contributed by atoms with Gasteiger partial charge < -0.3 is 10.3 Å². The van der Waals surface area contributed by atoms with Crippen molar-refractivity contribution in [2.45, 2.75) is 37.6 Å². The Labute approximate surface area is 118 Å². The van der Waals surface area contributed by atoms with Crippen LogP contribution in [0.4, 0.5) is 0 Å². The Bertz CT molecular complexity index is 545. The lowest BCUT2D eigenvalue weighted by Gasteiger charge is -2.29. The summed E-state index contributed by atoms with van der Waals surface area (Å²) in [6, 6.07) is 1.99. The smallest absolute Gasteiger partial charge is 0.247 e. The summed E-state index contributed by atoms with van der Waals surface area (Å²) in [5.41, 5.74) is 5.96. The molecule has 1 aliphatic carbocycles. The standard InChI is InChI=1S/C12H14BrN3OS/c13-8-6-9(18-7-8)10-15-11(17-16-10)12(14)4-2-1-3-5-12/h6-7H,1-5,14H2. The van der Waals surface area contributed by atoms with Crippen molar-refractivity contribution < 1.29 is 4.52 Å². The first-order valence-electron chi connectivity index (χ1n) is 6.05. The second-order valence-corrected chi connectivity index (χ2v) is 6.60. The van der Waals surface area contributed by atoms with E-state index in [1.165, 1.54) is 6.42 Å². The maximum Gasteiger partial charge on any atom is 0.247 e. The summed E-state index contributed by atoms with van der Waals surface area (Å²) in [5, 5.41) is 6.05. The maximum absolute atomic E-state index is 6.37. The molecule has 0 atom stereocenters. The number of halogens is 1. The van der Waals surface area contributed by atoms with Crippen LogP contribution in [0.1, 0.15) is 38.0 Å². The Morgan fingerprint density at radius 2 is 2.11 bits per heavy atom. The van der Waals surface area contributed by atoms with Crippen LogP contribution in [0.5, 0.6) is 0 Å². The zero-order chi connectivity index (χ0) is 12.6. The Morgan fingerprint density at radius 1 is 1.33 bits per heavy atom. The van der Waals surface area contributed by atoms with Crippen LogP contribution in [0.25, 0.3) is 10.7 Å². The molecule has 6 heteroatoms. The zero-order valence-corrected chi connectivity index (χ0v) is 12.3. The van der Waals surface area contributed by atoms with Crippen LogP contribution in [0, 0.1) is 0 Å². The molecule has 2 N–H and O–H groups in total. The zero-order valence-electron chi connectivity index (χ0n) is 9.86. The first-order valence-corrected chi connectivity index (χ1v) is 7.72. The molecule has 0 aliphatic heterocycles. The fourth-order valence-corrected chi connectivity index (χ4v) is 3.70. The number of rotatable bonds is 2. The van der Waals surface area contributed by atoms with E-state index in [0.717, 1.165) is 35.0 Å². The van der Waals surface area contributed by atoms with Gasteiger partial charge in [0.2, 0.25) is 11.7 Å². The van der Waals surface area contributed by atoms with Crippen LogP contribution in [-0.2, 0) is 5.54 Å². The van der Waals surface area contributed by atoms with E-state index in [4.69, 9.17) is 10.3 Å². The summed E-state index contributed by atoms with van der Waals surface area (Å²) >= 11 is 5.01. The van der Waals surface area contributed by atoms with E-state index in [2.05, 4.69) is 26.1 Å². The molecule has 0 saturated heterocycles. The number of aromatic nitrogens is 2. The molecule has 2 aromatic heterocycles. The molecule has 2 heterocycles. The van der Waals surface area contributed by atoms with Crippen LogP contribution >= 0.6 is 27.3 Å². The van der Waals surface area contributed by atoms with Gasteiger partial charge in [-0.2, -0.15) is 4.98 Å². The molecule has 1 aliphatic rings. The third-order valence-corrected chi connectivity index (χ3v) is 5.07. The van der Waals surface area contributed by atoms with Gasteiger partial charge in [-0.25, -0.2) is 0 Å². The average molecular weight is 328 g/mol. The first kappa shape index (κ1) is 12.3. The van der Waals surface area contributed by atoms with Crippen molar-refractivity contribution in [1.82, 2.24) is 10.1 Å². The Hall–Kier alpha value is -0.720. The average Bonchev–Trinajstić information content (AvgIpc) is 2.98. The second-order valence-electron chi connectivity index (χ2n) is 4.77. The largest absolute Gasteiger partial charge is 0.337 e. The Kier molecular flexibility index (Phi) is 3.25. The molecule has 1 fully saturated rings. The predicted molar refractivity (Wildman–Crippen MR) is 74.3 cm³/mol. The minimum Gasteiger partial charge on any atom is -0.337 e. The molecule has 1 saturated carbocycles. The van der Waals surface area contributed by atoms with E-state index in [0.29, 0.717) is 11.7 Å². The van der Waals surface area contributed by atoms with E-state index < -0.39 is 5.54 Å². The number of hydrogen-bond acceptors (Lipinski definition) is 5. The highest BCUT2D eigenvalue weighted by molar-refractivity contribution is 9.10. The number of thiophene rings is 1. The Morgan fingerprint density at radius 3 is 2.78 bits per heavy atom. The van der Waals surface area contributed by atoms with Gasteiger partial charge in [0.15, 0.2) is 0 Å². The second kappa shape index (κ2) is 4.75. The van der Waals surface area contributed by atoms with Gasteiger partial charge >= 0.3 is 0 Å². The lowest BCUT2D eigenvalue weighted by molar-refractivity contribution is 0.220. The van der Waals surface area contributed by atoms with E-state index in [-0.39, 0.29) is 0 Å². The molecule has 0 radical (unpaired) electrons. The van der Waals surface area contributed by atoms with Crippen LogP contribution in [0.15, 0.2) is 20.4 Å². The lowest BCUT2D eigenvalue weighted by Crippen LogP contribution is -2.38. The lowest BCUT2D eigenvalue weighted by atomic mass is 9.82. The van der Waals surface area contributed by atoms with Crippen molar-refractivity contribution in [2.24, 2.45) is 5.73 Å². The van der Waals surface area contributed by atoms with Crippen molar-refractivity contribution in [2.75, 3.05) is 0 Å². The van der Waals surface area contributed by atoms with Gasteiger partial charge in [0.05, 0.1) is 10.4 Å². The van der Waals surface area contributed by atoms with Gasteiger partial charge in [0.1, 0.15) is 0 Å². The van der Waals surface area contributed by atoms with Crippen molar-refractivity contribution in [3.05, 3.63) is 21.8 Å². The summed E-state index contributed by atoms with van der Waals surface area (Å²) in [7, 11) is 0. The maximum atomic E-state index is 6.37. The quantitative estimate of drug-likeness (QED) is 0.913. The van der Waals surface area contributed by atoms with E-state index in [9.17, 15) is 0 Å². The van der Waals surface area contributed by atoms with Crippen molar-refractivity contribution >= 4 is 27.3 Å². The minimum atomic E-state index is -0.419. The molecule has 96 valence electrons. The monoisotopic (exact) mass is 327 g/mol. The highest BCUT2D eigenvalue weighted by atomic mass is 79.9. The highest BCUT2D eigenvalue weighted by Gasteiger charge is 2.35. The molecule has 0 aromatic carbocycles. The molecule has 2 aromatic rings. The fourth-order valence-electron chi connectivity index (χ4n) is 2.35. The summed E-state index contributed by atoms with van der Waals surface area (Å²) in [6.45, 7) is 0. The van der Waals surface area contributed by atoms with Gasteiger partial charge in [-0.3, -0.25) is 0 Å². The third-order valence-electron chi connectivity index (χ3n) is 3.39. The molecular weight excluding hydrogens is 314 g/mol. The van der Waals surface area contributed by atoms with Gasteiger partial charge in [0.25, 0.3) is 0 Å². The summed E-state index contributed by atoms with van der Waals surface area (Å²) < 4.78 is 6.41. The number of nitrogens with zero attached hydrogens (tertiary/aromatic N) is 2. The highest BCUT2D eigenvalue weighted by Crippen LogP contribution is 2.35. The van der Waals surface area contributed by atoms with Crippen LogP contribution in [-0.4, -0.2) is 10.1 Å². The Balaban J connectivity index is 1.89. The molecule has 3 rings (SSSR count). The fraction of sp³-hybridized carbons (Fsp3) is 0.500. The molecule has 4 nitrogen and oxygen atoms in total.